The minimum absolute atomic E-state index is 0.000983. The summed E-state index contributed by atoms with van der Waals surface area (Å²) in [6.45, 7) is 0. The van der Waals surface area contributed by atoms with Crippen LogP contribution < -0.4 is 0 Å². The maximum Gasteiger partial charge on any atom is 0.335 e. The highest BCUT2D eigenvalue weighted by atomic mass is 32.2. The summed E-state index contributed by atoms with van der Waals surface area (Å²) in [6.07, 6.45) is 0.909. The number of hydrogen-bond donors (Lipinski definition) is 1. The summed E-state index contributed by atoms with van der Waals surface area (Å²) in [5.74, 6) is -2.60. The Labute approximate surface area is 105 Å². The van der Waals surface area contributed by atoms with Crippen molar-refractivity contribution in [2.24, 2.45) is 0 Å². The van der Waals surface area contributed by atoms with Crippen LogP contribution in [0.15, 0.2) is 46.5 Å². The molecule has 2 aromatic rings. The molecule has 0 radical (unpaired) electrons. The van der Waals surface area contributed by atoms with Gasteiger partial charge in [0.25, 0.3) is 0 Å². The third kappa shape index (κ3) is 2.84. The van der Waals surface area contributed by atoms with E-state index in [4.69, 9.17) is 5.11 Å². The van der Waals surface area contributed by atoms with Gasteiger partial charge in [0.2, 0.25) is 0 Å². The summed E-state index contributed by atoms with van der Waals surface area (Å²) in [7, 11) is 0. The van der Waals surface area contributed by atoms with Gasteiger partial charge in [-0.3, -0.25) is 0 Å². The fourth-order valence-electron chi connectivity index (χ4n) is 1.28. The number of aromatic carboxylic acids is 1. The standard InChI is InChI=1S/C12H7F2NO2S/c13-8-5-10(14)11(15-6-8)18-9-3-1-2-7(4-9)12(16)17/h1-6H,(H,16,17). The molecule has 0 aliphatic rings. The van der Waals surface area contributed by atoms with E-state index < -0.39 is 17.6 Å². The molecule has 3 nitrogen and oxygen atoms in total. The van der Waals surface area contributed by atoms with E-state index in [1.165, 1.54) is 12.1 Å². The van der Waals surface area contributed by atoms with Crippen LogP contribution in [0.1, 0.15) is 10.4 Å². The summed E-state index contributed by atoms with van der Waals surface area (Å²) in [5, 5.41) is 8.82. The average Bonchev–Trinajstić information content (AvgIpc) is 2.33. The first-order chi connectivity index (χ1) is 8.56. The third-order valence-corrected chi connectivity index (χ3v) is 3.05. The Morgan fingerprint density at radius 1 is 1.28 bits per heavy atom. The molecule has 0 unspecified atom stereocenters. The second kappa shape index (κ2) is 5.14. The molecule has 1 aromatic carbocycles. The Morgan fingerprint density at radius 3 is 2.72 bits per heavy atom. The first kappa shape index (κ1) is 12.5. The number of carboxylic acid groups (broad SMARTS) is 1. The maximum absolute atomic E-state index is 13.4. The minimum Gasteiger partial charge on any atom is -0.478 e. The molecule has 0 saturated heterocycles. The van der Waals surface area contributed by atoms with Crippen LogP contribution in [-0.2, 0) is 0 Å². The van der Waals surface area contributed by atoms with Crippen LogP contribution in [0.3, 0.4) is 0 Å². The van der Waals surface area contributed by atoms with Crippen LogP contribution in [0, 0.1) is 11.6 Å². The highest BCUT2D eigenvalue weighted by Gasteiger charge is 2.09. The molecule has 0 amide bonds. The van der Waals surface area contributed by atoms with Gasteiger partial charge in [0.05, 0.1) is 11.8 Å². The van der Waals surface area contributed by atoms with E-state index >= 15 is 0 Å². The zero-order chi connectivity index (χ0) is 13.1. The highest BCUT2D eigenvalue weighted by Crippen LogP contribution is 2.28. The first-order valence-corrected chi connectivity index (χ1v) is 5.70. The van der Waals surface area contributed by atoms with Crippen molar-refractivity contribution in [3.8, 4) is 0 Å². The zero-order valence-electron chi connectivity index (χ0n) is 8.93. The van der Waals surface area contributed by atoms with Crippen molar-refractivity contribution in [2.75, 3.05) is 0 Å². The van der Waals surface area contributed by atoms with Crippen molar-refractivity contribution in [3.05, 3.63) is 53.7 Å². The Balaban J connectivity index is 2.28. The molecule has 1 aromatic heterocycles. The number of hydrogen-bond acceptors (Lipinski definition) is 3. The molecule has 1 N–H and O–H groups in total. The number of pyridine rings is 1. The maximum atomic E-state index is 13.4. The van der Waals surface area contributed by atoms with E-state index in [-0.39, 0.29) is 10.6 Å². The van der Waals surface area contributed by atoms with E-state index in [9.17, 15) is 13.6 Å². The second-order valence-corrected chi connectivity index (χ2v) is 4.44. The Kier molecular flexibility index (Phi) is 3.57. The molecule has 92 valence electrons. The summed E-state index contributed by atoms with van der Waals surface area (Å²) >= 11 is 0.938. The normalized spacial score (nSPS) is 10.3. The minimum atomic E-state index is -1.06. The van der Waals surface area contributed by atoms with Crippen molar-refractivity contribution in [1.82, 2.24) is 4.98 Å². The van der Waals surface area contributed by atoms with Gasteiger partial charge >= 0.3 is 5.97 Å². The van der Waals surface area contributed by atoms with Crippen LogP contribution in [0.25, 0.3) is 0 Å². The lowest BCUT2D eigenvalue weighted by molar-refractivity contribution is 0.0696. The molecule has 0 aliphatic carbocycles. The fraction of sp³-hybridized carbons (Fsp3) is 0. The van der Waals surface area contributed by atoms with Crippen molar-refractivity contribution >= 4 is 17.7 Å². The van der Waals surface area contributed by atoms with Crippen molar-refractivity contribution in [1.29, 1.82) is 0 Å². The highest BCUT2D eigenvalue weighted by molar-refractivity contribution is 7.99. The first-order valence-electron chi connectivity index (χ1n) is 4.88. The Hall–Kier alpha value is -1.95. The van der Waals surface area contributed by atoms with Crippen molar-refractivity contribution < 1.29 is 18.7 Å². The molecule has 1 heterocycles. The van der Waals surface area contributed by atoms with Gasteiger partial charge in [-0.1, -0.05) is 17.8 Å². The summed E-state index contributed by atoms with van der Waals surface area (Å²) in [6, 6.07) is 6.74. The molecule has 0 saturated carbocycles. The largest absolute Gasteiger partial charge is 0.478 e. The molecule has 0 spiro atoms. The number of aromatic nitrogens is 1. The van der Waals surface area contributed by atoms with Gasteiger partial charge in [0.1, 0.15) is 10.8 Å². The topological polar surface area (TPSA) is 50.2 Å². The lowest BCUT2D eigenvalue weighted by atomic mass is 10.2. The molecule has 0 bridgehead atoms. The molecule has 0 atom stereocenters. The smallest absolute Gasteiger partial charge is 0.335 e. The van der Waals surface area contributed by atoms with Crippen LogP contribution in [0.2, 0.25) is 0 Å². The molecule has 0 fully saturated rings. The molecule has 6 heteroatoms. The molecule has 18 heavy (non-hydrogen) atoms. The SMILES string of the molecule is O=C(O)c1cccc(Sc2ncc(F)cc2F)c1. The van der Waals surface area contributed by atoms with E-state index in [0.717, 1.165) is 24.0 Å². The van der Waals surface area contributed by atoms with Crippen LogP contribution in [0.4, 0.5) is 8.78 Å². The summed E-state index contributed by atoms with van der Waals surface area (Å²) in [4.78, 5) is 14.9. The van der Waals surface area contributed by atoms with Gasteiger partial charge in [0.15, 0.2) is 5.82 Å². The van der Waals surface area contributed by atoms with E-state index in [1.807, 2.05) is 0 Å². The van der Waals surface area contributed by atoms with Crippen molar-refractivity contribution in [2.45, 2.75) is 9.92 Å². The van der Waals surface area contributed by atoms with Gasteiger partial charge in [-0.2, -0.15) is 0 Å². The van der Waals surface area contributed by atoms with Gasteiger partial charge in [-0.25, -0.2) is 18.6 Å². The van der Waals surface area contributed by atoms with Gasteiger partial charge in [-0.15, -0.1) is 0 Å². The van der Waals surface area contributed by atoms with E-state index in [0.29, 0.717) is 4.90 Å². The van der Waals surface area contributed by atoms with Gasteiger partial charge < -0.3 is 5.11 Å². The lowest BCUT2D eigenvalue weighted by Gasteiger charge is -2.03. The number of rotatable bonds is 3. The number of carboxylic acids is 1. The predicted molar refractivity (Wildman–Crippen MR) is 61.7 cm³/mol. The third-order valence-electron chi connectivity index (χ3n) is 2.07. The Bertz CT molecular complexity index is 604. The quantitative estimate of drug-likeness (QED) is 0.927. The molecular weight excluding hydrogens is 260 g/mol. The van der Waals surface area contributed by atoms with E-state index in [1.54, 1.807) is 12.1 Å². The summed E-state index contributed by atoms with van der Waals surface area (Å²) < 4.78 is 26.0. The van der Waals surface area contributed by atoms with Crippen LogP contribution >= 0.6 is 11.8 Å². The number of nitrogens with zero attached hydrogens (tertiary/aromatic N) is 1. The predicted octanol–water partition coefficient (Wildman–Crippen LogP) is 3.21. The zero-order valence-corrected chi connectivity index (χ0v) is 9.75. The molecule has 0 aliphatic heterocycles. The van der Waals surface area contributed by atoms with Crippen LogP contribution in [0.5, 0.6) is 0 Å². The van der Waals surface area contributed by atoms with Crippen molar-refractivity contribution in [3.63, 3.8) is 0 Å². The van der Waals surface area contributed by atoms with E-state index in [2.05, 4.69) is 4.98 Å². The monoisotopic (exact) mass is 267 g/mol. The van der Waals surface area contributed by atoms with Crippen LogP contribution in [-0.4, -0.2) is 16.1 Å². The fourth-order valence-corrected chi connectivity index (χ4v) is 2.10. The lowest BCUT2D eigenvalue weighted by Crippen LogP contribution is -1.95. The molecular formula is C12H7F2NO2S. The number of halogens is 2. The van der Waals surface area contributed by atoms with Gasteiger partial charge in [-0.05, 0) is 18.2 Å². The number of benzene rings is 1. The number of carbonyl (C=O) groups is 1. The second-order valence-electron chi connectivity index (χ2n) is 3.38. The average molecular weight is 267 g/mol. The molecule has 2 rings (SSSR count). The van der Waals surface area contributed by atoms with Gasteiger partial charge in [0, 0.05) is 11.0 Å². The Morgan fingerprint density at radius 2 is 2.06 bits per heavy atom. The summed E-state index contributed by atoms with van der Waals surface area (Å²) in [5.41, 5.74) is 0.0996.